The van der Waals surface area contributed by atoms with Gasteiger partial charge in [-0.15, -0.1) is 0 Å². The Bertz CT molecular complexity index is 420. The predicted molar refractivity (Wildman–Crippen MR) is 89.5 cm³/mol. The van der Waals surface area contributed by atoms with Gasteiger partial charge in [-0.1, -0.05) is 49.1 Å². The van der Waals surface area contributed by atoms with Crippen molar-refractivity contribution in [1.82, 2.24) is 10.2 Å². The van der Waals surface area contributed by atoms with Gasteiger partial charge in [-0.05, 0) is 44.7 Å². The van der Waals surface area contributed by atoms with Crippen LogP contribution in [0.5, 0.6) is 0 Å². The standard InChI is InChI=1S/C19H30N2/c1-16-9-11-17(12-10-16)14-21-13-5-8-19(15-21)20-18-6-3-2-4-7-18/h9-12,18-20H,2-8,13-15H2,1H3. The second kappa shape index (κ2) is 7.42. The van der Waals surface area contributed by atoms with E-state index in [1.807, 2.05) is 0 Å². The second-order valence-electron chi connectivity index (χ2n) is 7.06. The molecule has 21 heavy (non-hydrogen) atoms. The predicted octanol–water partition coefficient (Wildman–Crippen LogP) is 3.88. The SMILES string of the molecule is Cc1ccc(CN2CCCC(NC3CCCCC3)C2)cc1. The van der Waals surface area contributed by atoms with E-state index in [1.165, 1.54) is 69.2 Å². The Morgan fingerprint density at radius 3 is 2.43 bits per heavy atom. The van der Waals surface area contributed by atoms with Crippen molar-refractivity contribution in [2.45, 2.75) is 70.5 Å². The van der Waals surface area contributed by atoms with Crippen LogP contribution in [0.4, 0.5) is 0 Å². The zero-order valence-corrected chi connectivity index (χ0v) is 13.5. The maximum absolute atomic E-state index is 3.94. The molecule has 0 spiro atoms. The topological polar surface area (TPSA) is 15.3 Å². The van der Waals surface area contributed by atoms with Crippen LogP contribution in [0.1, 0.15) is 56.1 Å². The van der Waals surface area contributed by atoms with Gasteiger partial charge in [0, 0.05) is 25.2 Å². The third-order valence-corrected chi connectivity index (χ3v) is 5.11. The summed E-state index contributed by atoms with van der Waals surface area (Å²) < 4.78 is 0. The monoisotopic (exact) mass is 286 g/mol. The van der Waals surface area contributed by atoms with E-state index in [0.717, 1.165) is 12.6 Å². The first-order valence-corrected chi connectivity index (χ1v) is 8.83. The lowest BCUT2D eigenvalue weighted by atomic mass is 9.93. The minimum absolute atomic E-state index is 0.715. The fraction of sp³-hybridized carbons (Fsp3) is 0.684. The van der Waals surface area contributed by atoms with Gasteiger partial charge in [-0.2, -0.15) is 0 Å². The summed E-state index contributed by atoms with van der Waals surface area (Å²) in [7, 11) is 0. The first-order chi connectivity index (χ1) is 10.3. The van der Waals surface area contributed by atoms with Crippen LogP contribution in [0.25, 0.3) is 0 Å². The Balaban J connectivity index is 1.49. The lowest BCUT2D eigenvalue weighted by Crippen LogP contribution is -2.49. The van der Waals surface area contributed by atoms with Gasteiger partial charge in [-0.3, -0.25) is 4.90 Å². The highest BCUT2D eigenvalue weighted by Gasteiger charge is 2.23. The molecule has 1 saturated carbocycles. The highest BCUT2D eigenvalue weighted by Crippen LogP contribution is 2.20. The van der Waals surface area contributed by atoms with Crippen molar-refractivity contribution in [2.75, 3.05) is 13.1 Å². The Kier molecular flexibility index (Phi) is 5.32. The molecular weight excluding hydrogens is 256 g/mol. The van der Waals surface area contributed by atoms with Crippen molar-refractivity contribution in [3.8, 4) is 0 Å². The summed E-state index contributed by atoms with van der Waals surface area (Å²) in [4.78, 5) is 2.63. The number of rotatable bonds is 4. The molecule has 0 radical (unpaired) electrons. The fourth-order valence-electron chi connectivity index (χ4n) is 3.89. The number of hydrogen-bond acceptors (Lipinski definition) is 2. The van der Waals surface area contributed by atoms with Crippen molar-refractivity contribution < 1.29 is 0 Å². The van der Waals surface area contributed by atoms with Crippen LogP contribution in [0.15, 0.2) is 24.3 Å². The molecule has 2 aliphatic rings. The first-order valence-electron chi connectivity index (χ1n) is 8.83. The number of nitrogens with one attached hydrogen (secondary N) is 1. The number of benzene rings is 1. The summed E-state index contributed by atoms with van der Waals surface area (Å²) in [6.07, 6.45) is 9.80. The lowest BCUT2D eigenvalue weighted by Gasteiger charge is -2.36. The Morgan fingerprint density at radius 2 is 1.67 bits per heavy atom. The van der Waals surface area contributed by atoms with Crippen molar-refractivity contribution in [2.24, 2.45) is 0 Å². The molecule has 1 heterocycles. The third kappa shape index (κ3) is 4.55. The number of likely N-dealkylation sites (tertiary alicyclic amines) is 1. The molecule has 1 aliphatic carbocycles. The zero-order chi connectivity index (χ0) is 14.5. The average molecular weight is 286 g/mol. The quantitative estimate of drug-likeness (QED) is 0.903. The molecule has 1 aliphatic heterocycles. The van der Waals surface area contributed by atoms with Gasteiger partial charge in [0.1, 0.15) is 0 Å². The van der Waals surface area contributed by atoms with Crippen molar-refractivity contribution >= 4 is 0 Å². The summed E-state index contributed by atoms with van der Waals surface area (Å²) in [6, 6.07) is 10.5. The van der Waals surface area contributed by atoms with Crippen LogP contribution in [0.2, 0.25) is 0 Å². The van der Waals surface area contributed by atoms with Crippen LogP contribution in [0.3, 0.4) is 0 Å². The van der Waals surface area contributed by atoms with E-state index in [1.54, 1.807) is 0 Å². The van der Waals surface area contributed by atoms with Crippen LogP contribution < -0.4 is 5.32 Å². The van der Waals surface area contributed by atoms with E-state index in [-0.39, 0.29) is 0 Å². The molecule has 3 rings (SSSR count). The van der Waals surface area contributed by atoms with Gasteiger partial charge in [0.15, 0.2) is 0 Å². The summed E-state index contributed by atoms with van der Waals surface area (Å²) >= 11 is 0. The van der Waals surface area contributed by atoms with Gasteiger partial charge in [0.25, 0.3) is 0 Å². The summed E-state index contributed by atoms with van der Waals surface area (Å²) in [5, 5.41) is 3.94. The second-order valence-corrected chi connectivity index (χ2v) is 7.06. The fourth-order valence-corrected chi connectivity index (χ4v) is 3.89. The molecule has 0 bridgehead atoms. The molecule has 2 nitrogen and oxygen atoms in total. The van der Waals surface area contributed by atoms with E-state index < -0.39 is 0 Å². The molecule has 0 amide bonds. The summed E-state index contributed by atoms with van der Waals surface area (Å²) in [5.41, 5.74) is 2.81. The highest BCUT2D eigenvalue weighted by atomic mass is 15.2. The van der Waals surface area contributed by atoms with Crippen LogP contribution in [-0.2, 0) is 6.54 Å². The summed E-state index contributed by atoms with van der Waals surface area (Å²) in [6.45, 7) is 5.76. The van der Waals surface area contributed by atoms with Crippen LogP contribution >= 0.6 is 0 Å². The highest BCUT2D eigenvalue weighted by molar-refractivity contribution is 5.21. The van der Waals surface area contributed by atoms with Gasteiger partial charge in [0.05, 0.1) is 0 Å². The van der Waals surface area contributed by atoms with Crippen LogP contribution in [-0.4, -0.2) is 30.1 Å². The number of piperidine rings is 1. The molecule has 2 heteroatoms. The average Bonchev–Trinajstić information content (AvgIpc) is 2.51. The largest absolute Gasteiger partial charge is 0.310 e. The molecule has 2 fully saturated rings. The smallest absolute Gasteiger partial charge is 0.0234 e. The molecule has 1 aromatic carbocycles. The summed E-state index contributed by atoms with van der Waals surface area (Å²) in [5.74, 6) is 0. The normalized spacial score (nSPS) is 25.1. The van der Waals surface area contributed by atoms with E-state index in [2.05, 4.69) is 41.4 Å². The molecule has 1 N–H and O–H groups in total. The van der Waals surface area contributed by atoms with E-state index in [9.17, 15) is 0 Å². The minimum atomic E-state index is 0.715. The van der Waals surface area contributed by atoms with Gasteiger partial charge >= 0.3 is 0 Å². The molecule has 1 saturated heterocycles. The maximum atomic E-state index is 3.94. The number of nitrogens with zero attached hydrogens (tertiary/aromatic N) is 1. The minimum Gasteiger partial charge on any atom is -0.310 e. The van der Waals surface area contributed by atoms with Crippen LogP contribution in [0, 0.1) is 6.92 Å². The van der Waals surface area contributed by atoms with Crippen molar-refractivity contribution in [3.05, 3.63) is 35.4 Å². The van der Waals surface area contributed by atoms with Gasteiger partial charge < -0.3 is 5.32 Å². The molecule has 1 unspecified atom stereocenters. The van der Waals surface area contributed by atoms with Gasteiger partial charge in [0.2, 0.25) is 0 Å². The Labute approximate surface area is 129 Å². The lowest BCUT2D eigenvalue weighted by molar-refractivity contribution is 0.169. The Morgan fingerprint density at radius 1 is 0.952 bits per heavy atom. The number of hydrogen-bond donors (Lipinski definition) is 1. The maximum Gasteiger partial charge on any atom is 0.0234 e. The third-order valence-electron chi connectivity index (χ3n) is 5.11. The van der Waals surface area contributed by atoms with E-state index in [4.69, 9.17) is 0 Å². The zero-order valence-electron chi connectivity index (χ0n) is 13.5. The van der Waals surface area contributed by atoms with E-state index in [0.29, 0.717) is 6.04 Å². The first kappa shape index (κ1) is 15.1. The molecule has 116 valence electrons. The van der Waals surface area contributed by atoms with E-state index >= 15 is 0 Å². The number of aryl methyl sites for hydroxylation is 1. The Hall–Kier alpha value is -0.860. The van der Waals surface area contributed by atoms with Crippen molar-refractivity contribution in [3.63, 3.8) is 0 Å². The van der Waals surface area contributed by atoms with Gasteiger partial charge in [-0.25, -0.2) is 0 Å². The molecular formula is C19H30N2. The molecule has 1 atom stereocenters. The molecule has 0 aromatic heterocycles. The van der Waals surface area contributed by atoms with Crippen molar-refractivity contribution in [1.29, 1.82) is 0 Å². The molecule has 1 aromatic rings.